The summed E-state index contributed by atoms with van der Waals surface area (Å²) < 4.78 is 27.7. The predicted molar refractivity (Wildman–Crippen MR) is 81.9 cm³/mol. The molecule has 1 aromatic carbocycles. The van der Waals surface area contributed by atoms with Gasteiger partial charge in [0.1, 0.15) is 0 Å². The summed E-state index contributed by atoms with van der Waals surface area (Å²) in [6, 6.07) is 4.92. The summed E-state index contributed by atoms with van der Waals surface area (Å²) in [7, 11) is -3.48. The number of hydrogen-bond donors (Lipinski definition) is 2. The van der Waals surface area contributed by atoms with E-state index in [1.807, 2.05) is 13.8 Å². The lowest BCUT2D eigenvalue weighted by molar-refractivity contribution is 0.303. The number of hydrogen-bond acceptors (Lipinski definition) is 3. The summed E-state index contributed by atoms with van der Waals surface area (Å²) in [6.07, 6.45) is 5.89. The van der Waals surface area contributed by atoms with Crippen LogP contribution in [-0.4, -0.2) is 14.5 Å². The fourth-order valence-corrected chi connectivity index (χ4v) is 4.43. The number of nitrogen functional groups attached to an aromatic ring is 1. The van der Waals surface area contributed by atoms with Crippen molar-refractivity contribution in [2.45, 2.75) is 56.9 Å². The van der Waals surface area contributed by atoms with Gasteiger partial charge in [-0.1, -0.05) is 19.3 Å². The first-order valence-corrected chi connectivity index (χ1v) is 8.76. The molecule has 0 heterocycles. The van der Waals surface area contributed by atoms with Crippen LogP contribution in [0.2, 0.25) is 0 Å². The first-order valence-electron chi connectivity index (χ1n) is 7.28. The van der Waals surface area contributed by atoms with Gasteiger partial charge in [0.15, 0.2) is 0 Å². The molecule has 0 amide bonds. The van der Waals surface area contributed by atoms with Crippen LogP contribution in [0.5, 0.6) is 0 Å². The van der Waals surface area contributed by atoms with Crippen molar-refractivity contribution in [3.63, 3.8) is 0 Å². The first-order chi connectivity index (χ1) is 9.38. The second kappa shape index (κ2) is 6.14. The lowest BCUT2D eigenvalue weighted by atomic mass is 9.85. The van der Waals surface area contributed by atoms with E-state index < -0.39 is 10.0 Å². The SMILES string of the molecule is Cc1cc(N)cc(S(=O)(=O)NC(C)C2CCCCC2)c1. The molecule has 0 saturated heterocycles. The number of nitrogens with two attached hydrogens (primary N) is 1. The topological polar surface area (TPSA) is 72.2 Å². The van der Waals surface area contributed by atoms with Gasteiger partial charge in [-0.25, -0.2) is 13.1 Å². The van der Waals surface area contributed by atoms with Gasteiger partial charge in [-0.3, -0.25) is 0 Å². The monoisotopic (exact) mass is 296 g/mol. The second-order valence-corrected chi connectivity index (χ2v) is 7.60. The molecule has 0 bridgehead atoms. The molecule has 112 valence electrons. The van der Waals surface area contributed by atoms with Gasteiger partial charge in [0.05, 0.1) is 4.90 Å². The van der Waals surface area contributed by atoms with E-state index in [9.17, 15) is 8.42 Å². The van der Waals surface area contributed by atoms with Gasteiger partial charge < -0.3 is 5.73 Å². The van der Waals surface area contributed by atoms with Crippen molar-refractivity contribution in [1.29, 1.82) is 0 Å². The molecule has 0 aromatic heterocycles. The zero-order valence-electron chi connectivity index (χ0n) is 12.2. The Labute approximate surface area is 121 Å². The molecule has 4 nitrogen and oxygen atoms in total. The molecule has 0 radical (unpaired) electrons. The highest BCUT2D eigenvalue weighted by atomic mass is 32.2. The molecule has 5 heteroatoms. The van der Waals surface area contributed by atoms with Crippen molar-refractivity contribution < 1.29 is 8.42 Å². The molecule has 0 spiro atoms. The highest BCUT2D eigenvalue weighted by Crippen LogP contribution is 2.27. The lowest BCUT2D eigenvalue weighted by Crippen LogP contribution is -2.38. The van der Waals surface area contributed by atoms with E-state index in [2.05, 4.69) is 4.72 Å². The molecule has 1 aliphatic rings. The minimum absolute atomic E-state index is 0.0259. The van der Waals surface area contributed by atoms with Crippen LogP contribution in [0.3, 0.4) is 0 Å². The van der Waals surface area contributed by atoms with E-state index in [-0.39, 0.29) is 10.9 Å². The largest absolute Gasteiger partial charge is 0.399 e. The Morgan fingerprint density at radius 1 is 1.20 bits per heavy atom. The van der Waals surface area contributed by atoms with E-state index in [0.29, 0.717) is 11.6 Å². The Morgan fingerprint density at radius 3 is 2.45 bits per heavy atom. The maximum Gasteiger partial charge on any atom is 0.240 e. The number of rotatable bonds is 4. The minimum atomic E-state index is -3.48. The standard InChI is InChI=1S/C15H24N2O2S/c1-11-8-14(16)10-15(9-11)20(18,19)17-12(2)13-6-4-3-5-7-13/h8-10,12-13,17H,3-7,16H2,1-2H3. The summed E-state index contributed by atoms with van der Waals surface area (Å²) in [5, 5.41) is 0. The molecule has 1 aliphatic carbocycles. The van der Waals surface area contributed by atoms with Crippen molar-refractivity contribution in [1.82, 2.24) is 4.72 Å². The quantitative estimate of drug-likeness (QED) is 0.839. The molecular formula is C15H24N2O2S. The van der Waals surface area contributed by atoms with Crippen molar-refractivity contribution in [2.24, 2.45) is 5.92 Å². The number of benzene rings is 1. The average Bonchev–Trinajstić information content (AvgIpc) is 2.38. The molecule has 1 saturated carbocycles. The van der Waals surface area contributed by atoms with E-state index in [1.54, 1.807) is 12.1 Å². The van der Waals surface area contributed by atoms with Gasteiger partial charge in [0, 0.05) is 11.7 Å². The fourth-order valence-electron chi connectivity index (χ4n) is 2.97. The normalized spacial score (nSPS) is 18.9. The van der Waals surface area contributed by atoms with E-state index in [4.69, 9.17) is 5.73 Å². The van der Waals surface area contributed by atoms with Crippen molar-refractivity contribution in [3.05, 3.63) is 23.8 Å². The molecular weight excluding hydrogens is 272 g/mol. The van der Waals surface area contributed by atoms with Crippen molar-refractivity contribution in [3.8, 4) is 0 Å². The van der Waals surface area contributed by atoms with Crippen LogP contribution < -0.4 is 10.5 Å². The van der Waals surface area contributed by atoms with Gasteiger partial charge >= 0.3 is 0 Å². The van der Waals surface area contributed by atoms with Gasteiger partial charge in [0.25, 0.3) is 0 Å². The summed E-state index contributed by atoms with van der Waals surface area (Å²) in [6.45, 7) is 3.81. The zero-order valence-corrected chi connectivity index (χ0v) is 13.0. The minimum Gasteiger partial charge on any atom is -0.399 e. The summed E-state index contributed by atoms with van der Waals surface area (Å²) in [5.74, 6) is 0.445. The highest BCUT2D eigenvalue weighted by Gasteiger charge is 2.25. The Hall–Kier alpha value is -1.07. The number of nitrogens with one attached hydrogen (secondary N) is 1. The maximum absolute atomic E-state index is 12.4. The van der Waals surface area contributed by atoms with E-state index in [0.717, 1.165) is 18.4 Å². The molecule has 0 aliphatic heterocycles. The fraction of sp³-hybridized carbons (Fsp3) is 0.600. The molecule has 3 N–H and O–H groups in total. The van der Waals surface area contributed by atoms with Crippen LogP contribution in [0.1, 0.15) is 44.6 Å². The summed E-state index contributed by atoms with van der Waals surface area (Å²) >= 11 is 0. The van der Waals surface area contributed by atoms with Crippen LogP contribution in [0, 0.1) is 12.8 Å². The molecule has 1 atom stereocenters. The smallest absolute Gasteiger partial charge is 0.240 e. The number of anilines is 1. The predicted octanol–water partition coefficient (Wildman–Crippen LogP) is 2.82. The Morgan fingerprint density at radius 2 is 1.85 bits per heavy atom. The average molecular weight is 296 g/mol. The van der Waals surface area contributed by atoms with Crippen molar-refractivity contribution >= 4 is 15.7 Å². The highest BCUT2D eigenvalue weighted by molar-refractivity contribution is 7.89. The first kappa shape index (κ1) is 15.3. The number of aryl methyl sites for hydroxylation is 1. The number of sulfonamides is 1. The van der Waals surface area contributed by atoms with Crippen LogP contribution >= 0.6 is 0 Å². The van der Waals surface area contributed by atoms with Gasteiger partial charge in [-0.2, -0.15) is 0 Å². The van der Waals surface area contributed by atoms with Gasteiger partial charge in [-0.15, -0.1) is 0 Å². The van der Waals surface area contributed by atoms with Crippen molar-refractivity contribution in [2.75, 3.05) is 5.73 Å². The molecule has 2 rings (SSSR count). The third-order valence-electron chi connectivity index (χ3n) is 4.08. The van der Waals surface area contributed by atoms with Gasteiger partial charge in [0.2, 0.25) is 10.0 Å². The summed E-state index contributed by atoms with van der Waals surface area (Å²) in [5.41, 5.74) is 7.08. The Balaban J connectivity index is 2.13. The Bertz CT molecular complexity index is 543. The van der Waals surface area contributed by atoms with E-state index in [1.165, 1.54) is 25.3 Å². The molecule has 1 aromatic rings. The zero-order chi connectivity index (χ0) is 14.8. The third kappa shape index (κ3) is 3.73. The molecule has 1 unspecified atom stereocenters. The summed E-state index contributed by atoms with van der Waals surface area (Å²) in [4.78, 5) is 0.262. The maximum atomic E-state index is 12.4. The van der Waals surface area contributed by atoms with Gasteiger partial charge in [-0.05, 0) is 56.4 Å². The van der Waals surface area contributed by atoms with Crippen LogP contribution in [0.4, 0.5) is 5.69 Å². The van der Waals surface area contributed by atoms with Crippen LogP contribution in [0.25, 0.3) is 0 Å². The molecule has 1 fully saturated rings. The lowest BCUT2D eigenvalue weighted by Gasteiger charge is -2.28. The van der Waals surface area contributed by atoms with Crippen LogP contribution in [0.15, 0.2) is 23.1 Å². The molecule has 20 heavy (non-hydrogen) atoms. The third-order valence-corrected chi connectivity index (χ3v) is 5.62. The Kier molecular flexibility index (Phi) is 4.70. The van der Waals surface area contributed by atoms with Crippen LogP contribution in [-0.2, 0) is 10.0 Å². The second-order valence-electron chi connectivity index (χ2n) is 5.89. The van der Waals surface area contributed by atoms with E-state index >= 15 is 0 Å².